The Balaban J connectivity index is 1.39. The fourth-order valence-corrected chi connectivity index (χ4v) is 5.79. The highest BCUT2D eigenvalue weighted by atomic mass is 35.5. The summed E-state index contributed by atoms with van der Waals surface area (Å²) in [6.07, 6.45) is 2.18. The Morgan fingerprint density at radius 2 is 2.09 bits per heavy atom. The van der Waals surface area contributed by atoms with Crippen LogP contribution < -0.4 is 10.3 Å². The van der Waals surface area contributed by atoms with Crippen LogP contribution in [0, 0.1) is 13.8 Å². The summed E-state index contributed by atoms with van der Waals surface area (Å²) in [5.74, 6) is 2.04. The van der Waals surface area contributed by atoms with E-state index in [0.29, 0.717) is 28.0 Å². The highest BCUT2D eigenvalue weighted by Gasteiger charge is 2.31. The second-order valence-corrected chi connectivity index (χ2v) is 10.8. The molecule has 1 N–H and O–H groups in total. The van der Waals surface area contributed by atoms with Crippen LogP contribution in [0.1, 0.15) is 53.1 Å². The number of thiophene rings is 1. The number of benzene rings is 1. The van der Waals surface area contributed by atoms with Gasteiger partial charge in [-0.1, -0.05) is 35.5 Å². The van der Waals surface area contributed by atoms with Crippen LogP contribution in [0.25, 0.3) is 10.2 Å². The van der Waals surface area contributed by atoms with E-state index in [4.69, 9.17) is 21.3 Å². The molecule has 1 aromatic carbocycles. The lowest BCUT2D eigenvalue weighted by molar-refractivity contribution is 0.288. The predicted molar refractivity (Wildman–Crippen MR) is 128 cm³/mol. The predicted octanol–water partition coefficient (Wildman–Crippen LogP) is 5.61. The van der Waals surface area contributed by atoms with E-state index in [1.165, 1.54) is 0 Å². The quantitative estimate of drug-likeness (QED) is 0.341. The smallest absolute Gasteiger partial charge is 0.259 e. The third-order valence-electron chi connectivity index (χ3n) is 5.57. The van der Waals surface area contributed by atoms with Crippen LogP contribution in [0.2, 0.25) is 5.02 Å². The van der Waals surface area contributed by atoms with Gasteiger partial charge >= 0.3 is 0 Å². The van der Waals surface area contributed by atoms with Crippen LogP contribution in [0.5, 0.6) is 5.75 Å². The number of aryl methyl sites for hydroxylation is 2. The highest BCUT2D eigenvalue weighted by molar-refractivity contribution is 7.99. The van der Waals surface area contributed by atoms with Gasteiger partial charge in [-0.05, 0) is 51.3 Å². The minimum Gasteiger partial charge on any atom is -0.484 e. The first-order valence-electron chi connectivity index (χ1n) is 10.4. The molecule has 1 aliphatic carbocycles. The molecule has 1 aliphatic rings. The van der Waals surface area contributed by atoms with E-state index in [-0.39, 0.29) is 17.4 Å². The Bertz CT molecular complexity index is 1360. The van der Waals surface area contributed by atoms with Crippen molar-refractivity contribution in [2.75, 3.05) is 0 Å². The summed E-state index contributed by atoms with van der Waals surface area (Å²) in [6.45, 7) is 6.29. The van der Waals surface area contributed by atoms with Gasteiger partial charge in [0.1, 0.15) is 23.0 Å². The Labute approximate surface area is 198 Å². The molecule has 0 radical (unpaired) electrons. The fraction of sp³-hybridized carbons (Fsp3) is 0.364. The van der Waals surface area contributed by atoms with Crippen molar-refractivity contribution in [2.45, 2.75) is 56.7 Å². The number of aromatic amines is 1. The maximum atomic E-state index is 12.7. The second-order valence-electron chi connectivity index (χ2n) is 7.89. The van der Waals surface area contributed by atoms with Crippen LogP contribution in [0.4, 0.5) is 0 Å². The average Bonchev–Trinajstić information content (AvgIpc) is 3.46. The zero-order valence-corrected chi connectivity index (χ0v) is 20.3. The van der Waals surface area contributed by atoms with E-state index in [9.17, 15) is 4.79 Å². The minimum absolute atomic E-state index is 0.0863. The van der Waals surface area contributed by atoms with Crippen molar-refractivity contribution < 1.29 is 4.74 Å². The molecule has 1 saturated carbocycles. The summed E-state index contributed by atoms with van der Waals surface area (Å²) < 4.78 is 8.05. The third kappa shape index (κ3) is 4.04. The summed E-state index contributed by atoms with van der Waals surface area (Å²) in [4.78, 5) is 22.3. The highest BCUT2D eigenvalue weighted by Crippen LogP contribution is 2.42. The number of halogens is 1. The average molecular weight is 488 g/mol. The number of hydrogen-bond donors (Lipinski definition) is 1. The van der Waals surface area contributed by atoms with Crippen molar-refractivity contribution in [3.63, 3.8) is 0 Å². The second kappa shape index (κ2) is 8.53. The number of rotatable bonds is 7. The first kappa shape index (κ1) is 21.5. The molecule has 166 valence electrons. The molecule has 0 spiro atoms. The third-order valence-corrected chi connectivity index (χ3v) is 8.04. The molecule has 5 rings (SSSR count). The van der Waals surface area contributed by atoms with E-state index in [2.05, 4.69) is 19.7 Å². The van der Waals surface area contributed by atoms with Gasteiger partial charge < -0.3 is 9.72 Å². The molecular formula is C22H22ClN5O2S2. The lowest BCUT2D eigenvalue weighted by Gasteiger charge is -2.13. The number of thioether (sulfide) groups is 1. The van der Waals surface area contributed by atoms with E-state index in [1.807, 2.05) is 39.0 Å². The van der Waals surface area contributed by atoms with E-state index < -0.39 is 0 Å². The SMILES string of the molecule is Cc1sc2nc([C@@H](C)Sc3nnc(COc4ccccc4Cl)n3C3CC3)[nH]c(=O)c2c1C. The molecule has 3 heterocycles. The van der Waals surface area contributed by atoms with Crippen molar-refractivity contribution in [3.05, 3.63) is 61.7 Å². The van der Waals surface area contributed by atoms with Gasteiger partial charge in [0.2, 0.25) is 0 Å². The number of H-pyrrole nitrogens is 1. The Morgan fingerprint density at radius 3 is 2.84 bits per heavy atom. The molecule has 32 heavy (non-hydrogen) atoms. The van der Waals surface area contributed by atoms with Crippen LogP contribution in [-0.4, -0.2) is 24.7 Å². The van der Waals surface area contributed by atoms with Gasteiger partial charge in [-0.2, -0.15) is 0 Å². The van der Waals surface area contributed by atoms with Gasteiger partial charge in [0.05, 0.1) is 15.7 Å². The molecule has 0 amide bonds. The van der Waals surface area contributed by atoms with Gasteiger partial charge in [-0.15, -0.1) is 21.5 Å². The Morgan fingerprint density at radius 1 is 1.31 bits per heavy atom. The molecule has 0 aliphatic heterocycles. The molecule has 0 bridgehead atoms. The van der Waals surface area contributed by atoms with Gasteiger partial charge in [0.25, 0.3) is 5.56 Å². The largest absolute Gasteiger partial charge is 0.484 e. The zero-order valence-electron chi connectivity index (χ0n) is 17.9. The minimum atomic E-state index is -0.0890. The number of ether oxygens (including phenoxy) is 1. The van der Waals surface area contributed by atoms with Crippen molar-refractivity contribution in [1.82, 2.24) is 24.7 Å². The molecule has 0 unspecified atom stereocenters. The van der Waals surface area contributed by atoms with Gasteiger partial charge in [-0.25, -0.2) is 4.98 Å². The number of nitrogens with one attached hydrogen (secondary N) is 1. The Hall–Kier alpha value is -2.36. The van der Waals surface area contributed by atoms with Gasteiger partial charge in [-0.3, -0.25) is 9.36 Å². The fourth-order valence-electron chi connectivity index (χ4n) is 3.57. The van der Waals surface area contributed by atoms with Gasteiger partial charge in [0.15, 0.2) is 11.0 Å². The topological polar surface area (TPSA) is 85.7 Å². The molecule has 1 atom stereocenters. The number of para-hydroxylation sites is 1. The van der Waals surface area contributed by atoms with Crippen LogP contribution in [-0.2, 0) is 6.61 Å². The summed E-state index contributed by atoms with van der Waals surface area (Å²) in [5.41, 5.74) is 0.916. The van der Waals surface area contributed by atoms with Crippen molar-refractivity contribution in [3.8, 4) is 5.75 Å². The monoisotopic (exact) mass is 487 g/mol. The number of fused-ring (bicyclic) bond motifs is 1. The van der Waals surface area contributed by atoms with Crippen molar-refractivity contribution >= 4 is 44.9 Å². The standard InChI is InChI=1S/C22H22ClN5O2S2/c1-11-12(2)31-21-18(11)20(29)24-19(25-21)13(3)32-22-27-26-17(28(22)14-8-9-14)10-30-16-7-5-4-6-15(16)23/h4-7,13-14H,8-10H2,1-3H3,(H,24,25,29)/t13-/m1/s1. The van der Waals surface area contributed by atoms with Crippen molar-refractivity contribution in [2.24, 2.45) is 0 Å². The molecule has 10 heteroatoms. The lowest BCUT2D eigenvalue weighted by atomic mass is 10.2. The van der Waals surface area contributed by atoms with Crippen LogP contribution >= 0.6 is 34.7 Å². The maximum absolute atomic E-state index is 12.7. The van der Waals surface area contributed by atoms with Crippen LogP contribution in [0.3, 0.4) is 0 Å². The molecular weight excluding hydrogens is 466 g/mol. The summed E-state index contributed by atoms with van der Waals surface area (Å²) in [7, 11) is 0. The summed E-state index contributed by atoms with van der Waals surface area (Å²) in [6, 6.07) is 7.77. The van der Waals surface area contributed by atoms with Gasteiger partial charge in [0, 0.05) is 10.9 Å². The normalized spacial score (nSPS) is 14.8. The Kier molecular flexibility index (Phi) is 5.73. The van der Waals surface area contributed by atoms with Crippen LogP contribution in [0.15, 0.2) is 34.2 Å². The number of hydrogen-bond acceptors (Lipinski definition) is 7. The molecule has 0 saturated heterocycles. The summed E-state index contributed by atoms with van der Waals surface area (Å²) in [5, 5.41) is 10.8. The molecule has 7 nitrogen and oxygen atoms in total. The number of nitrogens with zero attached hydrogens (tertiary/aromatic N) is 4. The number of aromatic nitrogens is 5. The molecule has 4 aromatic rings. The van der Waals surface area contributed by atoms with E-state index in [1.54, 1.807) is 29.2 Å². The first-order chi connectivity index (χ1) is 15.4. The summed E-state index contributed by atoms with van der Waals surface area (Å²) >= 11 is 9.31. The molecule has 3 aromatic heterocycles. The van der Waals surface area contributed by atoms with E-state index >= 15 is 0 Å². The molecule has 1 fully saturated rings. The maximum Gasteiger partial charge on any atom is 0.259 e. The lowest BCUT2D eigenvalue weighted by Crippen LogP contribution is -2.13. The van der Waals surface area contributed by atoms with Crippen molar-refractivity contribution in [1.29, 1.82) is 0 Å². The first-order valence-corrected chi connectivity index (χ1v) is 12.5. The van der Waals surface area contributed by atoms with E-state index in [0.717, 1.165) is 39.1 Å². The zero-order chi connectivity index (χ0) is 22.4.